The van der Waals surface area contributed by atoms with Crippen molar-refractivity contribution < 1.29 is 9.90 Å². The van der Waals surface area contributed by atoms with Gasteiger partial charge in [0.25, 0.3) is 0 Å². The highest BCUT2D eigenvalue weighted by molar-refractivity contribution is 14.1. The van der Waals surface area contributed by atoms with Gasteiger partial charge < -0.3 is 15.7 Å². The zero-order chi connectivity index (χ0) is 19.5. The molecule has 0 aliphatic heterocycles. The molecule has 1 amide bonds. The molecule has 1 unspecified atom stereocenters. The molecule has 140 valence electrons. The van der Waals surface area contributed by atoms with Crippen molar-refractivity contribution in [1.82, 2.24) is 15.3 Å². The molecule has 1 aromatic carbocycles. The van der Waals surface area contributed by atoms with Crippen LogP contribution in [0, 0.1) is 8.99 Å². The maximum absolute atomic E-state index is 11.1. The molecule has 0 saturated carbocycles. The third kappa shape index (κ3) is 5.85. The number of hydrogen-bond donors (Lipinski definition) is 3. The third-order valence-electron chi connectivity index (χ3n) is 3.80. The molecule has 0 aliphatic rings. The fraction of sp³-hybridized carbons (Fsp3) is 0.353. The predicted octanol–water partition coefficient (Wildman–Crippen LogP) is 5.36. The van der Waals surface area contributed by atoms with E-state index in [9.17, 15) is 4.79 Å². The number of hydrogen-bond acceptors (Lipinski definition) is 4. The van der Waals surface area contributed by atoms with E-state index in [1.165, 1.54) is 6.20 Å². The van der Waals surface area contributed by atoms with Crippen LogP contribution in [0.5, 0.6) is 0 Å². The second-order valence-electron chi connectivity index (χ2n) is 6.84. The van der Waals surface area contributed by atoms with Crippen molar-refractivity contribution in [2.45, 2.75) is 33.2 Å². The number of benzene rings is 1. The number of halogens is 3. The Morgan fingerprint density at radius 1 is 1.35 bits per heavy atom. The lowest BCUT2D eigenvalue weighted by Gasteiger charge is -2.31. The van der Waals surface area contributed by atoms with Crippen LogP contribution in [0.1, 0.15) is 26.3 Å². The van der Waals surface area contributed by atoms with Gasteiger partial charge in [0.1, 0.15) is 5.02 Å². The summed E-state index contributed by atoms with van der Waals surface area (Å²) >= 11 is 14.1. The summed E-state index contributed by atoms with van der Waals surface area (Å²) in [4.78, 5) is 19.0. The Hall–Kier alpha value is -1.32. The van der Waals surface area contributed by atoms with Crippen LogP contribution in [-0.4, -0.2) is 27.2 Å². The molecular weight excluding hydrogens is 490 g/mol. The summed E-state index contributed by atoms with van der Waals surface area (Å²) in [6.45, 7) is 6.03. The fourth-order valence-corrected chi connectivity index (χ4v) is 3.31. The van der Waals surface area contributed by atoms with Crippen molar-refractivity contribution in [1.29, 1.82) is 0 Å². The Morgan fingerprint density at radius 3 is 2.62 bits per heavy atom. The first-order valence-corrected chi connectivity index (χ1v) is 9.62. The topological polar surface area (TPSA) is 87.1 Å². The summed E-state index contributed by atoms with van der Waals surface area (Å²) in [5.74, 6) is 0.426. The van der Waals surface area contributed by atoms with Gasteiger partial charge in [-0.3, -0.25) is 0 Å². The average Bonchev–Trinajstić information content (AvgIpc) is 2.51. The highest BCUT2D eigenvalue weighted by Crippen LogP contribution is 2.28. The molecule has 1 atom stereocenters. The summed E-state index contributed by atoms with van der Waals surface area (Å²) in [5.41, 5.74) is 1.65. The molecule has 0 saturated heterocycles. The van der Waals surface area contributed by atoms with Crippen LogP contribution in [0.25, 0.3) is 0 Å². The molecular formula is C17H19Cl2IN4O2. The van der Waals surface area contributed by atoms with E-state index in [1.807, 2.05) is 39.0 Å². The smallest absolute Gasteiger partial charge is 0.404 e. The minimum absolute atomic E-state index is 0.107. The van der Waals surface area contributed by atoms with Crippen molar-refractivity contribution in [3.63, 3.8) is 0 Å². The van der Waals surface area contributed by atoms with Crippen molar-refractivity contribution >= 4 is 63.4 Å². The van der Waals surface area contributed by atoms with Gasteiger partial charge in [0, 0.05) is 15.3 Å². The molecule has 0 radical (unpaired) electrons. The maximum atomic E-state index is 11.1. The summed E-state index contributed by atoms with van der Waals surface area (Å²) in [6, 6.07) is 5.60. The van der Waals surface area contributed by atoms with E-state index in [2.05, 4.69) is 43.2 Å². The number of aromatic nitrogens is 2. The number of carboxylic acid groups (broad SMARTS) is 1. The van der Waals surface area contributed by atoms with Crippen LogP contribution < -0.4 is 10.6 Å². The van der Waals surface area contributed by atoms with Crippen LogP contribution in [0.3, 0.4) is 0 Å². The Morgan fingerprint density at radius 2 is 2.04 bits per heavy atom. The second kappa shape index (κ2) is 8.58. The molecule has 0 spiro atoms. The molecule has 0 fully saturated rings. The molecule has 3 N–H and O–H groups in total. The largest absolute Gasteiger partial charge is 0.465 e. The molecule has 2 rings (SSSR count). The van der Waals surface area contributed by atoms with Gasteiger partial charge in [-0.05, 0) is 63.7 Å². The number of amides is 1. The Bertz CT molecular complexity index is 812. The average molecular weight is 509 g/mol. The highest BCUT2D eigenvalue weighted by Gasteiger charge is 2.27. The van der Waals surface area contributed by atoms with E-state index >= 15 is 0 Å². The normalized spacial score (nSPS) is 12.5. The van der Waals surface area contributed by atoms with E-state index in [0.717, 1.165) is 14.8 Å². The van der Waals surface area contributed by atoms with Gasteiger partial charge in [-0.2, -0.15) is 4.98 Å². The minimum Gasteiger partial charge on any atom is -0.465 e. The SMILES string of the molecule is CC(C)(C)C(Cc1ccc(Nc2nc(Cl)ncc2Cl)cc1I)NC(=O)O. The molecule has 9 heteroatoms. The van der Waals surface area contributed by atoms with E-state index < -0.39 is 6.09 Å². The molecule has 26 heavy (non-hydrogen) atoms. The quantitative estimate of drug-likeness (QED) is 0.374. The van der Waals surface area contributed by atoms with E-state index in [4.69, 9.17) is 28.3 Å². The van der Waals surface area contributed by atoms with Gasteiger partial charge in [-0.15, -0.1) is 0 Å². The zero-order valence-corrected chi connectivity index (χ0v) is 18.1. The van der Waals surface area contributed by atoms with Gasteiger partial charge in [0.15, 0.2) is 5.82 Å². The van der Waals surface area contributed by atoms with Crippen LogP contribution in [-0.2, 0) is 6.42 Å². The Kier molecular flexibility index (Phi) is 6.92. The van der Waals surface area contributed by atoms with Crippen LogP contribution in [0.15, 0.2) is 24.4 Å². The lowest BCUT2D eigenvalue weighted by Crippen LogP contribution is -2.44. The first-order valence-electron chi connectivity index (χ1n) is 7.79. The molecule has 1 aromatic heterocycles. The lowest BCUT2D eigenvalue weighted by atomic mass is 9.83. The standard InChI is InChI=1S/C17H19Cl2IN4O2/c1-17(2,3)13(23-16(25)26)6-9-4-5-10(7-12(9)20)22-14-11(18)8-21-15(19)24-14/h4-5,7-8,13,23H,6H2,1-3H3,(H,25,26)(H,21,22,24). The van der Waals surface area contributed by atoms with Gasteiger partial charge in [0.05, 0.1) is 6.20 Å². The second-order valence-corrected chi connectivity index (χ2v) is 8.75. The molecule has 6 nitrogen and oxygen atoms in total. The van der Waals surface area contributed by atoms with Crippen molar-refractivity contribution in [3.05, 3.63) is 43.8 Å². The van der Waals surface area contributed by atoms with E-state index in [1.54, 1.807) is 0 Å². The number of anilines is 2. The number of nitrogens with one attached hydrogen (secondary N) is 2. The predicted molar refractivity (Wildman–Crippen MR) is 113 cm³/mol. The molecule has 0 aliphatic carbocycles. The summed E-state index contributed by atoms with van der Waals surface area (Å²) in [7, 11) is 0. The minimum atomic E-state index is -1.02. The maximum Gasteiger partial charge on any atom is 0.404 e. The fourth-order valence-electron chi connectivity index (χ4n) is 2.30. The number of nitrogens with zero attached hydrogens (tertiary/aromatic N) is 2. The summed E-state index contributed by atoms with van der Waals surface area (Å²) in [5, 5.41) is 15.3. The van der Waals surface area contributed by atoms with Gasteiger partial charge in [0.2, 0.25) is 5.28 Å². The van der Waals surface area contributed by atoms with E-state index in [-0.39, 0.29) is 16.7 Å². The van der Waals surface area contributed by atoms with Crippen molar-refractivity contribution in [2.75, 3.05) is 5.32 Å². The van der Waals surface area contributed by atoms with Gasteiger partial charge >= 0.3 is 6.09 Å². The Labute approximate surface area is 175 Å². The van der Waals surface area contributed by atoms with E-state index in [0.29, 0.717) is 17.3 Å². The Balaban J connectivity index is 2.20. The van der Waals surface area contributed by atoms with Crippen LogP contribution >= 0.6 is 45.8 Å². The van der Waals surface area contributed by atoms with Gasteiger partial charge in [-0.1, -0.05) is 38.4 Å². The summed E-state index contributed by atoms with van der Waals surface area (Å²) < 4.78 is 1.00. The first-order chi connectivity index (χ1) is 12.1. The zero-order valence-electron chi connectivity index (χ0n) is 14.5. The lowest BCUT2D eigenvalue weighted by molar-refractivity contribution is 0.174. The molecule has 2 aromatic rings. The van der Waals surface area contributed by atoms with Crippen molar-refractivity contribution in [2.24, 2.45) is 5.41 Å². The third-order valence-corrected chi connectivity index (χ3v) is 5.26. The summed E-state index contributed by atoms with van der Waals surface area (Å²) in [6.07, 6.45) is 1.01. The van der Waals surface area contributed by atoms with Crippen molar-refractivity contribution in [3.8, 4) is 0 Å². The first kappa shape index (κ1) is 21.0. The highest BCUT2D eigenvalue weighted by atomic mass is 127. The number of carbonyl (C=O) groups is 1. The van der Waals surface area contributed by atoms with Crippen LogP contribution in [0.4, 0.5) is 16.3 Å². The molecule has 1 heterocycles. The monoisotopic (exact) mass is 508 g/mol. The molecule has 0 bridgehead atoms. The number of rotatable bonds is 5. The van der Waals surface area contributed by atoms with Gasteiger partial charge in [-0.25, -0.2) is 9.78 Å². The van der Waals surface area contributed by atoms with Crippen LogP contribution in [0.2, 0.25) is 10.3 Å².